The van der Waals surface area contributed by atoms with Crippen LogP contribution in [0.1, 0.15) is 37.4 Å². The van der Waals surface area contributed by atoms with Crippen LogP contribution in [-0.2, 0) is 15.7 Å². The molecule has 2 aromatic rings. The molecule has 2 aliphatic heterocycles. The van der Waals surface area contributed by atoms with Crippen LogP contribution in [0.25, 0.3) is 0 Å². The summed E-state index contributed by atoms with van der Waals surface area (Å²) in [5.41, 5.74) is -0.363. The highest BCUT2D eigenvalue weighted by molar-refractivity contribution is 5.79. The van der Waals surface area contributed by atoms with Gasteiger partial charge in [0.15, 0.2) is 0 Å². The van der Waals surface area contributed by atoms with Crippen molar-refractivity contribution < 1.29 is 31.5 Å². The van der Waals surface area contributed by atoms with Crippen LogP contribution >= 0.6 is 0 Å². The van der Waals surface area contributed by atoms with Crippen LogP contribution in [0.4, 0.5) is 39.5 Å². The summed E-state index contributed by atoms with van der Waals surface area (Å²) >= 11 is 0. The van der Waals surface area contributed by atoms with Gasteiger partial charge in [-0.2, -0.15) is 26.9 Å². The van der Waals surface area contributed by atoms with E-state index in [0.29, 0.717) is 31.2 Å². The van der Waals surface area contributed by atoms with Crippen molar-refractivity contribution in [1.82, 2.24) is 19.9 Å². The molecule has 1 amide bonds. The van der Waals surface area contributed by atoms with Gasteiger partial charge < -0.3 is 19.9 Å². The maximum absolute atomic E-state index is 13.1. The maximum atomic E-state index is 13.1. The molecule has 2 aliphatic rings. The highest BCUT2D eigenvalue weighted by Crippen LogP contribution is 2.32. The highest BCUT2D eigenvalue weighted by atomic mass is 19.4. The van der Waals surface area contributed by atoms with Gasteiger partial charge in [-0.3, -0.25) is 4.79 Å². The molecular formula is C22H25F5N6O2. The van der Waals surface area contributed by atoms with E-state index < -0.39 is 24.1 Å². The SMILES string of the molecule is CC1CN(c2nc(Nc3cc(C(F)(F)F)ccn3)cc(C3CCN(C(=O)C(F)F)C3)n2)CC(C)O1. The molecule has 2 fully saturated rings. The Morgan fingerprint density at radius 2 is 1.83 bits per heavy atom. The van der Waals surface area contributed by atoms with Crippen molar-refractivity contribution >= 4 is 23.5 Å². The number of carbonyl (C=O) groups is 1. The summed E-state index contributed by atoms with van der Waals surface area (Å²) in [7, 11) is 0. The molecule has 13 heteroatoms. The van der Waals surface area contributed by atoms with Gasteiger partial charge in [0.1, 0.15) is 11.6 Å². The lowest BCUT2D eigenvalue weighted by Gasteiger charge is -2.35. The van der Waals surface area contributed by atoms with E-state index >= 15 is 0 Å². The third-order valence-corrected chi connectivity index (χ3v) is 5.88. The van der Waals surface area contributed by atoms with Gasteiger partial charge in [0, 0.05) is 44.4 Å². The van der Waals surface area contributed by atoms with Crippen LogP contribution in [0.15, 0.2) is 24.4 Å². The Morgan fingerprint density at radius 1 is 1.11 bits per heavy atom. The summed E-state index contributed by atoms with van der Waals surface area (Å²) in [5, 5.41) is 2.81. The number of nitrogens with zero attached hydrogens (tertiary/aromatic N) is 5. The van der Waals surface area contributed by atoms with Crippen molar-refractivity contribution in [2.24, 2.45) is 0 Å². The van der Waals surface area contributed by atoms with Crippen LogP contribution in [0.3, 0.4) is 0 Å². The number of morpholine rings is 1. The fraction of sp³-hybridized carbons (Fsp3) is 0.545. The molecule has 35 heavy (non-hydrogen) atoms. The average Bonchev–Trinajstić information content (AvgIpc) is 3.27. The predicted octanol–water partition coefficient (Wildman–Crippen LogP) is 3.83. The molecule has 2 saturated heterocycles. The summed E-state index contributed by atoms with van der Waals surface area (Å²) in [6.45, 7) is 5.03. The lowest BCUT2D eigenvalue weighted by atomic mass is 10.0. The Kier molecular flexibility index (Phi) is 7.06. The van der Waals surface area contributed by atoms with E-state index in [1.54, 1.807) is 6.07 Å². The van der Waals surface area contributed by atoms with E-state index in [-0.39, 0.29) is 42.9 Å². The molecule has 3 atom stereocenters. The zero-order chi connectivity index (χ0) is 25.3. The average molecular weight is 500 g/mol. The molecule has 8 nitrogen and oxygen atoms in total. The van der Waals surface area contributed by atoms with Crippen LogP contribution in [0.2, 0.25) is 0 Å². The van der Waals surface area contributed by atoms with Crippen molar-refractivity contribution in [3.63, 3.8) is 0 Å². The molecule has 2 aromatic heterocycles. The predicted molar refractivity (Wildman–Crippen MR) is 117 cm³/mol. The molecule has 4 heterocycles. The number of pyridine rings is 1. The number of alkyl halides is 5. The number of halogens is 5. The van der Waals surface area contributed by atoms with Gasteiger partial charge in [-0.05, 0) is 32.4 Å². The molecular weight excluding hydrogens is 475 g/mol. The zero-order valence-corrected chi connectivity index (χ0v) is 19.1. The Hall–Kier alpha value is -3.09. The summed E-state index contributed by atoms with van der Waals surface area (Å²) in [6, 6.07) is 3.30. The molecule has 0 bridgehead atoms. The van der Waals surface area contributed by atoms with Crippen LogP contribution < -0.4 is 10.2 Å². The number of hydrogen-bond donors (Lipinski definition) is 1. The minimum atomic E-state index is -4.54. The second-order valence-electron chi connectivity index (χ2n) is 8.76. The van der Waals surface area contributed by atoms with Crippen LogP contribution in [-0.4, -0.2) is 70.6 Å². The molecule has 0 aromatic carbocycles. The summed E-state index contributed by atoms with van der Waals surface area (Å²) in [5.74, 6) is -1.07. The second-order valence-corrected chi connectivity index (χ2v) is 8.76. The second kappa shape index (κ2) is 9.88. The number of nitrogens with one attached hydrogen (secondary N) is 1. The van der Waals surface area contributed by atoms with E-state index in [9.17, 15) is 26.7 Å². The summed E-state index contributed by atoms with van der Waals surface area (Å²) in [4.78, 5) is 27.8. The number of ether oxygens (including phenoxy) is 1. The number of amides is 1. The fourth-order valence-corrected chi connectivity index (χ4v) is 4.35. The minimum absolute atomic E-state index is 0.0555. The lowest BCUT2D eigenvalue weighted by molar-refractivity contribution is -0.141. The standard InChI is InChI=1S/C22H25F5N6O2/c1-12-9-33(10-13(2)35-12)21-29-16(14-4-6-32(11-14)20(34)19(23)24)8-18(31-21)30-17-7-15(3-5-28-17)22(25,26)27/h3,5,7-8,12-14,19H,4,6,9-11H2,1-2H3,(H,28,29,30,31). The smallest absolute Gasteiger partial charge is 0.372 e. The van der Waals surface area contributed by atoms with Gasteiger partial charge >= 0.3 is 12.6 Å². The lowest BCUT2D eigenvalue weighted by Crippen LogP contribution is -2.46. The number of hydrogen-bond acceptors (Lipinski definition) is 7. The van der Waals surface area contributed by atoms with Gasteiger partial charge in [-0.15, -0.1) is 0 Å². The van der Waals surface area contributed by atoms with Crippen molar-refractivity contribution in [1.29, 1.82) is 0 Å². The van der Waals surface area contributed by atoms with Crippen molar-refractivity contribution in [2.45, 2.75) is 51.0 Å². The van der Waals surface area contributed by atoms with Gasteiger partial charge in [0.2, 0.25) is 5.95 Å². The van der Waals surface area contributed by atoms with E-state index in [0.717, 1.165) is 23.2 Å². The normalized spacial score (nSPS) is 23.1. The molecule has 3 unspecified atom stereocenters. The maximum Gasteiger partial charge on any atom is 0.416 e. The first kappa shape index (κ1) is 25.0. The van der Waals surface area contributed by atoms with Gasteiger partial charge in [0.25, 0.3) is 5.91 Å². The summed E-state index contributed by atoms with van der Waals surface area (Å²) < 4.78 is 70.9. The number of likely N-dealkylation sites (tertiary alicyclic amines) is 1. The third kappa shape index (κ3) is 5.95. The number of rotatable bonds is 5. The van der Waals surface area contributed by atoms with Gasteiger partial charge in [-0.25, -0.2) is 9.97 Å². The van der Waals surface area contributed by atoms with E-state index in [4.69, 9.17) is 4.74 Å². The summed E-state index contributed by atoms with van der Waals surface area (Å²) in [6.07, 6.45) is -6.35. The Bertz CT molecular complexity index is 1060. The van der Waals surface area contributed by atoms with Crippen LogP contribution in [0, 0.1) is 0 Å². The Labute approximate surface area is 198 Å². The monoisotopic (exact) mass is 500 g/mol. The first-order chi connectivity index (χ1) is 16.5. The first-order valence-corrected chi connectivity index (χ1v) is 11.2. The fourth-order valence-electron chi connectivity index (χ4n) is 4.35. The third-order valence-electron chi connectivity index (χ3n) is 5.88. The molecule has 0 spiro atoms. The number of aromatic nitrogens is 3. The minimum Gasteiger partial charge on any atom is -0.372 e. The Morgan fingerprint density at radius 3 is 2.49 bits per heavy atom. The molecule has 0 radical (unpaired) electrons. The van der Waals surface area contributed by atoms with Crippen molar-refractivity contribution in [2.75, 3.05) is 36.4 Å². The first-order valence-electron chi connectivity index (χ1n) is 11.2. The highest BCUT2D eigenvalue weighted by Gasteiger charge is 2.34. The molecule has 4 rings (SSSR count). The van der Waals surface area contributed by atoms with Crippen molar-refractivity contribution in [3.8, 4) is 0 Å². The molecule has 190 valence electrons. The number of anilines is 3. The van der Waals surface area contributed by atoms with Gasteiger partial charge in [0.05, 0.1) is 23.5 Å². The molecule has 1 N–H and O–H groups in total. The van der Waals surface area contributed by atoms with Crippen molar-refractivity contribution in [3.05, 3.63) is 35.7 Å². The van der Waals surface area contributed by atoms with E-state index in [1.807, 2.05) is 18.7 Å². The molecule has 0 aliphatic carbocycles. The topological polar surface area (TPSA) is 83.5 Å². The van der Waals surface area contributed by atoms with E-state index in [1.165, 1.54) is 0 Å². The quantitative estimate of drug-likeness (QED) is 0.625. The largest absolute Gasteiger partial charge is 0.416 e. The Balaban J connectivity index is 1.65. The molecule has 0 saturated carbocycles. The van der Waals surface area contributed by atoms with E-state index in [2.05, 4.69) is 20.3 Å². The van der Waals surface area contributed by atoms with Crippen LogP contribution in [0.5, 0.6) is 0 Å². The van der Waals surface area contributed by atoms with Gasteiger partial charge in [-0.1, -0.05) is 0 Å². The zero-order valence-electron chi connectivity index (χ0n) is 19.1. The number of carbonyl (C=O) groups excluding carboxylic acids is 1.